The third kappa shape index (κ3) is 3.79. The van der Waals surface area contributed by atoms with E-state index in [4.69, 9.17) is 9.47 Å². The Kier molecular flexibility index (Phi) is 3.94. The predicted octanol–water partition coefficient (Wildman–Crippen LogP) is 2.81. The van der Waals surface area contributed by atoms with Crippen molar-refractivity contribution in [1.29, 1.82) is 0 Å². The smallest absolute Gasteiger partial charge is 0.163 e. The van der Waals surface area contributed by atoms with Gasteiger partial charge in [-0.3, -0.25) is 4.79 Å². The van der Waals surface area contributed by atoms with E-state index < -0.39 is 5.79 Å². The molecule has 1 aromatic carbocycles. The van der Waals surface area contributed by atoms with E-state index in [0.29, 0.717) is 13.0 Å². The predicted molar refractivity (Wildman–Crippen MR) is 70.0 cm³/mol. The first-order valence-electron chi connectivity index (χ1n) is 6.13. The zero-order valence-electron chi connectivity index (χ0n) is 10.8. The maximum atomic E-state index is 11.8. The number of ether oxygens (including phenoxy) is 2. The second kappa shape index (κ2) is 5.46. The van der Waals surface area contributed by atoms with Gasteiger partial charge in [-0.2, -0.15) is 0 Å². The fourth-order valence-corrected chi connectivity index (χ4v) is 1.91. The number of hydrogen-bond acceptors (Lipinski definition) is 3. The zero-order chi connectivity index (χ0) is 13.0. The first kappa shape index (κ1) is 13.0. The van der Waals surface area contributed by atoms with Gasteiger partial charge in [-0.05, 0) is 25.5 Å². The molecule has 1 aliphatic heterocycles. The maximum Gasteiger partial charge on any atom is 0.163 e. The van der Waals surface area contributed by atoms with Gasteiger partial charge in [0.15, 0.2) is 11.6 Å². The van der Waals surface area contributed by atoms with Crippen LogP contribution in [-0.4, -0.2) is 24.3 Å². The van der Waals surface area contributed by atoms with Gasteiger partial charge in [0.05, 0.1) is 12.7 Å². The van der Waals surface area contributed by atoms with Gasteiger partial charge in [0.25, 0.3) is 0 Å². The van der Waals surface area contributed by atoms with Crippen LogP contribution in [0.5, 0.6) is 0 Å². The number of ketones is 1. The minimum Gasteiger partial charge on any atom is -0.348 e. The average molecular weight is 246 g/mol. The summed E-state index contributed by atoms with van der Waals surface area (Å²) in [6, 6.07) is 9.76. The molecule has 18 heavy (non-hydrogen) atoms. The second-order valence-electron chi connectivity index (χ2n) is 4.87. The lowest BCUT2D eigenvalue weighted by Crippen LogP contribution is -2.22. The quantitative estimate of drug-likeness (QED) is 0.766. The molecule has 0 bridgehead atoms. The Morgan fingerprint density at radius 3 is 2.72 bits per heavy atom. The lowest BCUT2D eigenvalue weighted by atomic mass is 10.1. The van der Waals surface area contributed by atoms with Crippen LogP contribution in [0.3, 0.4) is 0 Å². The zero-order valence-corrected chi connectivity index (χ0v) is 10.8. The molecular weight excluding hydrogens is 228 g/mol. The summed E-state index contributed by atoms with van der Waals surface area (Å²) < 4.78 is 11.0. The molecule has 1 atom stereocenters. The van der Waals surface area contributed by atoms with E-state index in [2.05, 4.69) is 0 Å². The molecule has 1 fully saturated rings. The highest BCUT2D eigenvalue weighted by Gasteiger charge is 2.33. The van der Waals surface area contributed by atoms with Crippen LogP contribution in [0.4, 0.5) is 0 Å². The molecule has 1 saturated heterocycles. The van der Waals surface area contributed by atoms with E-state index in [9.17, 15) is 4.79 Å². The molecule has 0 radical (unpaired) electrons. The Morgan fingerprint density at radius 1 is 1.39 bits per heavy atom. The largest absolute Gasteiger partial charge is 0.348 e. The van der Waals surface area contributed by atoms with Gasteiger partial charge >= 0.3 is 0 Å². The van der Waals surface area contributed by atoms with Gasteiger partial charge < -0.3 is 9.47 Å². The number of rotatable bonds is 4. The summed E-state index contributed by atoms with van der Waals surface area (Å²) in [5.74, 6) is -0.501. The standard InChI is InChI=1S/C15H18O3/c1-15(2)17-11-14(18-15)10-13(16)9-8-12-6-4-3-5-7-12/h3-9,14H,10-11H2,1-2H3/b9-8+. The van der Waals surface area contributed by atoms with Gasteiger partial charge in [-0.15, -0.1) is 0 Å². The highest BCUT2D eigenvalue weighted by molar-refractivity contribution is 5.93. The molecule has 1 aliphatic rings. The Balaban J connectivity index is 1.85. The number of carbonyl (C=O) groups is 1. The van der Waals surface area contributed by atoms with E-state index in [1.165, 1.54) is 0 Å². The van der Waals surface area contributed by atoms with Crippen molar-refractivity contribution >= 4 is 11.9 Å². The number of hydrogen-bond donors (Lipinski definition) is 0. The van der Waals surface area contributed by atoms with E-state index in [1.807, 2.05) is 50.3 Å². The van der Waals surface area contributed by atoms with Crippen LogP contribution in [-0.2, 0) is 14.3 Å². The van der Waals surface area contributed by atoms with Crippen molar-refractivity contribution in [2.24, 2.45) is 0 Å². The van der Waals surface area contributed by atoms with Gasteiger partial charge in [0.2, 0.25) is 0 Å². The van der Waals surface area contributed by atoms with Crippen molar-refractivity contribution in [3.05, 3.63) is 42.0 Å². The molecule has 0 aromatic heterocycles. The van der Waals surface area contributed by atoms with Crippen molar-refractivity contribution in [1.82, 2.24) is 0 Å². The fourth-order valence-electron chi connectivity index (χ4n) is 1.91. The monoisotopic (exact) mass is 246 g/mol. The summed E-state index contributed by atoms with van der Waals surface area (Å²) in [7, 11) is 0. The molecule has 2 rings (SSSR count). The number of benzene rings is 1. The molecule has 1 unspecified atom stereocenters. The van der Waals surface area contributed by atoms with Crippen LogP contribution in [0.25, 0.3) is 6.08 Å². The van der Waals surface area contributed by atoms with Crippen molar-refractivity contribution in [3.8, 4) is 0 Å². The van der Waals surface area contributed by atoms with Gasteiger partial charge in [0, 0.05) is 6.42 Å². The van der Waals surface area contributed by atoms with E-state index >= 15 is 0 Å². The lowest BCUT2D eigenvalue weighted by molar-refractivity contribution is -0.141. The molecular formula is C15H18O3. The second-order valence-corrected chi connectivity index (χ2v) is 4.87. The molecule has 1 aromatic rings. The Bertz CT molecular complexity index is 434. The molecule has 1 heterocycles. The first-order chi connectivity index (χ1) is 8.55. The number of allylic oxidation sites excluding steroid dienone is 1. The molecule has 3 heteroatoms. The van der Waals surface area contributed by atoms with Crippen molar-refractivity contribution in [3.63, 3.8) is 0 Å². The molecule has 0 spiro atoms. The molecule has 3 nitrogen and oxygen atoms in total. The van der Waals surface area contributed by atoms with Crippen molar-refractivity contribution in [2.75, 3.05) is 6.61 Å². The Hall–Kier alpha value is -1.45. The van der Waals surface area contributed by atoms with Gasteiger partial charge in [0.1, 0.15) is 0 Å². The Labute approximate surface area is 107 Å². The summed E-state index contributed by atoms with van der Waals surface area (Å²) in [5.41, 5.74) is 1.02. The average Bonchev–Trinajstić information content (AvgIpc) is 2.67. The molecule has 96 valence electrons. The highest BCUT2D eigenvalue weighted by Crippen LogP contribution is 2.24. The summed E-state index contributed by atoms with van der Waals surface area (Å²) in [6.07, 6.45) is 3.66. The summed E-state index contributed by atoms with van der Waals surface area (Å²) in [5, 5.41) is 0. The van der Waals surface area contributed by atoms with Crippen LogP contribution in [0.15, 0.2) is 36.4 Å². The first-order valence-corrected chi connectivity index (χ1v) is 6.13. The van der Waals surface area contributed by atoms with Crippen molar-refractivity contribution in [2.45, 2.75) is 32.2 Å². The van der Waals surface area contributed by atoms with Crippen LogP contribution in [0, 0.1) is 0 Å². The molecule has 0 N–H and O–H groups in total. The van der Waals surface area contributed by atoms with Crippen LogP contribution in [0.2, 0.25) is 0 Å². The highest BCUT2D eigenvalue weighted by atomic mass is 16.7. The molecule has 0 aliphatic carbocycles. The van der Waals surface area contributed by atoms with E-state index in [0.717, 1.165) is 5.56 Å². The minimum atomic E-state index is -0.561. The lowest BCUT2D eigenvalue weighted by Gasteiger charge is -2.16. The SMILES string of the molecule is CC1(C)OCC(CC(=O)/C=C/c2ccccc2)O1. The summed E-state index contributed by atoms with van der Waals surface area (Å²) >= 11 is 0. The van der Waals surface area contributed by atoms with Crippen molar-refractivity contribution < 1.29 is 14.3 Å². The normalized spacial score (nSPS) is 22.4. The maximum absolute atomic E-state index is 11.8. The third-order valence-corrected chi connectivity index (χ3v) is 2.76. The molecule has 0 amide bonds. The van der Waals surface area contributed by atoms with E-state index in [-0.39, 0.29) is 11.9 Å². The van der Waals surface area contributed by atoms with Gasteiger partial charge in [-0.1, -0.05) is 36.4 Å². The van der Waals surface area contributed by atoms with Gasteiger partial charge in [-0.25, -0.2) is 0 Å². The summed E-state index contributed by atoms with van der Waals surface area (Å²) in [6.45, 7) is 4.20. The van der Waals surface area contributed by atoms with E-state index in [1.54, 1.807) is 6.08 Å². The minimum absolute atomic E-state index is 0.0603. The number of carbonyl (C=O) groups excluding carboxylic acids is 1. The van der Waals surface area contributed by atoms with Crippen LogP contribution in [0.1, 0.15) is 25.8 Å². The topological polar surface area (TPSA) is 35.5 Å². The van der Waals surface area contributed by atoms with Crippen LogP contribution < -0.4 is 0 Å². The summed E-state index contributed by atoms with van der Waals surface area (Å²) in [4.78, 5) is 11.8. The molecule has 0 saturated carbocycles. The third-order valence-electron chi connectivity index (χ3n) is 2.76. The Morgan fingerprint density at radius 2 is 2.11 bits per heavy atom. The fraction of sp³-hybridized carbons (Fsp3) is 0.400. The van der Waals surface area contributed by atoms with Crippen LogP contribution >= 0.6 is 0 Å².